The first-order valence-corrected chi connectivity index (χ1v) is 19.5. The fourth-order valence-electron chi connectivity index (χ4n) is 7.47. The zero-order valence-electron chi connectivity index (χ0n) is 25.7. The van der Waals surface area contributed by atoms with Crippen LogP contribution in [0.3, 0.4) is 0 Å². The Balaban J connectivity index is 1.13. The van der Waals surface area contributed by atoms with Crippen molar-refractivity contribution in [2.75, 3.05) is 38.3 Å². The van der Waals surface area contributed by atoms with Gasteiger partial charge in [0.25, 0.3) is 0 Å². The van der Waals surface area contributed by atoms with E-state index in [1.54, 1.807) is 7.11 Å². The highest BCUT2D eigenvalue weighted by Gasteiger charge is 2.45. The summed E-state index contributed by atoms with van der Waals surface area (Å²) in [4.78, 5) is 25.9. The summed E-state index contributed by atoms with van der Waals surface area (Å²) in [7, 11) is 2.63. The van der Waals surface area contributed by atoms with Crippen LogP contribution in [0.15, 0.2) is 18.5 Å². The van der Waals surface area contributed by atoms with Gasteiger partial charge < -0.3 is 24.3 Å². The number of carbonyl (C=O) groups is 1. The van der Waals surface area contributed by atoms with Crippen molar-refractivity contribution in [3.8, 4) is 0 Å². The number of rotatable bonds is 12. The smallest absolute Gasteiger partial charge is 0.224 e. The van der Waals surface area contributed by atoms with Crippen LogP contribution in [-0.4, -0.2) is 61.9 Å². The van der Waals surface area contributed by atoms with E-state index in [0.717, 1.165) is 86.9 Å². The van der Waals surface area contributed by atoms with Crippen LogP contribution >= 0.6 is 0 Å². The Kier molecular flexibility index (Phi) is 8.31. The van der Waals surface area contributed by atoms with Gasteiger partial charge in [0.2, 0.25) is 5.91 Å². The molecule has 1 aliphatic heterocycles. The molecule has 6 atom stereocenters. The number of carbonyl (C=O) groups excluding carboxylic acids is 1. The molecule has 3 heterocycles. The normalized spacial score (nSPS) is 28.7. The summed E-state index contributed by atoms with van der Waals surface area (Å²) in [6, 6.07) is 5.66. The minimum absolute atomic E-state index is 0.0212. The summed E-state index contributed by atoms with van der Waals surface area (Å²) < 4.78 is 13.9. The summed E-state index contributed by atoms with van der Waals surface area (Å²) in [5.74, 6) is 3.65. The van der Waals surface area contributed by atoms with Crippen LogP contribution in [0.4, 0.5) is 5.82 Å². The maximum absolute atomic E-state index is 13.8. The van der Waals surface area contributed by atoms with Gasteiger partial charge in [-0.3, -0.25) is 4.79 Å². The number of amides is 1. The zero-order chi connectivity index (χ0) is 28.7. The molecule has 224 valence electrons. The Hall–Kier alpha value is -2.23. The first kappa shape index (κ1) is 28.9. The molecule has 4 aliphatic rings. The van der Waals surface area contributed by atoms with E-state index < -0.39 is 8.07 Å². The Morgan fingerprint density at radius 2 is 1.95 bits per heavy atom. The van der Waals surface area contributed by atoms with E-state index in [-0.39, 0.29) is 23.8 Å². The number of imidazole rings is 1. The Labute approximate surface area is 246 Å². The largest absolute Gasteiger partial charge is 0.381 e. The lowest BCUT2D eigenvalue weighted by atomic mass is 9.95. The van der Waals surface area contributed by atoms with Crippen molar-refractivity contribution in [2.24, 2.45) is 36.6 Å². The van der Waals surface area contributed by atoms with Crippen LogP contribution in [0.2, 0.25) is 25.7 Å². The Bertz CT molecular complexity index is 1230. The fourth-order valence-corrected chi connectivity index (χ4v) is 8.23. The number of piperidine rings is 1. The van der Waals surface area contributed by atoms with E-state index in [9.17, 15) is 4.79 Å². The van der Waals surface area contributed by atoms with E-state index >= 15 is 0 Å². The molecule has 2 aromatic heterocycles. The second-order valence-corrected chi connectivity index (χ2v) is 20.1. The summed E-state index contributed by atoms with van der Waals surface area (Å²) in [5.41, 5.74) is 4.61. The summed E-state index contributed by atoms with van der Waals surface area (Å²) in [5, 5.41) is 3.40. The first-order valence-electron chi connectivity index (χ1n) is 15.8. The summed E-state index contributed by atoms with van der Waals surface area (Å²) in [6.07, 6.45) is 7.99. The van der Waals surface area contributed by atoms with Gasteiger partial charge in [-0.05, 0) is 79.9 Å². The number of pyridine rings is 1. The molecule has 1 saturated heterocycles. The van der Waals surface area contributed by atoms with Crippen LogP contribution in [0.25, 0.3) is 0 Å². The van der Waals surface area contributed by atoms with Gasteiger partial charge >= 0.3 is 0 Å². The van der Waals surface area contributed by atoms with Gasteiger partial charge in [0.15, 0.2) is 0 Å². The van der Waals surface area contributed by atoms with Crippen LogP contribution in [0.5, 0.6) is 0 Å². The van der Waals surface area contributed by atoms with Crippen molar-refractivity contribution in [3.05, 3.63) is 41.1 Å². The topological polar surface area (TPSA) is 81.5 Å². The molecule has 2 aromatic rings. The van der Waals surface area contributed by atoms with E-state index in [1.807, 2.05) is 13.4 Å². The lowest BCUT2D eigenvalue weighted by molar-refractivity contribution is -0.127. The van der Waals surface area contributed by atoms with Gasteiger partial charge in [0.1, 0.15) is 5.82 Å². The molecule has 6 rings (SSSR count). The number of nitrogens with one attached hydrogen (secondary N) is 1. The second-order valence-electron chi connectivity index (χ2n) is 14.5. The van der Waals surface area contributed by atoms with E-state index in [2.05, 4.69) is 51.5 Å². The molecule has 41 heavy (non-hydrogen) atoms. The lowest BCUT2D eigenvalue weighted by Crippen LogP contribution is -2.36. The SMILES string of the molecule is COCc1nc(N2CC3CC3C2)ccc1CC1CC(COCC[Si](C)(C)C)C(C(=O)N[C@@H]2CCc3c2ncn3C)C1. The van der Waals surface area contributed by atoms with E-state index in [0.29, 0.717) is 19.1 Å². The molecule has 5 unspecified atom stereocenters. The number of methoxy groups -OCH3 is 1. The predicted octanol–water partition coefficient (Wildman–Crippen LogP) is 4.76. The molecule has 0 radical (unpaired) electrons. The molecular formula is C32H49N5O3Si. The maximum atomic E-state index is 13.8. The van der Waals surface area contributed by atoms with Gasteiger partial charge in [0, 0.05) is 53.5 Å². The fraction of sp³-hybridized carbons (Fsp3) is 0.719. The number of ether oxygens (including phenoxy) is 2. The van der Waals surface area contributed by atoms with Gasteiger partial charge in [-0.25, -0.2) is 9.97 Å². The molecular weight excluding hydrogens is 530 g/mol. The highest BCUT2D eigenvalue weighted by atomic mass is 28.3. The quantitative estimate of drug-likeness (QED) is 0.289. The van der Waals surface area contributed by atoms with Gasteiger partial charge in [0.05, 0.1) is 37.0 Å². The highest BCUT2D eigenvalue weighted by molar-refractivity contribution is 6.76. The van der Waals surface area contributed by atoms with Crippen molar-refractivity contribution in [1.82, 2.24) is 19.9 Å². The highest BCUT2D eigenvalue weighted by Crippen LogP contribution is 2.46. The Morgan fingerprint density at radius 3 is 2.71 bits per heavy atom. The van der Waals surface area contributed by atoms with Gasteiger partial charge in [-0.2, -0.15) is 0 Å². The van der Waals surface area contributed by atoms with Crippen LogP contribution in [0.1, 0.15) is 54.4 Å². The number of hydrogen-bond donors (Lipinski definition) is 1. The molecule has 0 bridgehead atoms. The zero-order valence-corrected chi connectivity index (χ0v) is 26.7. The Morgan fingerprint density at radius 1 is 1.15 bits per heavy atom. The number of aromatic nitrogens is 3. The van der Waals surface area contributed by atoms with Crippen molar-refractivity contribution in [2.45, 2.75) is 76.9 Å². The number of anilines is 1. The van der Waals surface area contributed by atoms with Gasteiger partial charge in [-0.1, -0.05) is 25.7 Å². The third-order valence-electron chi connectivity index (χ3n) is 10.0. The monoisotopic (exact) mass is 579 g/mol. The van der Waals surface area contributed by atoms with Crippen molar-refractivity contribution in [1.29, 1.82) is 0 Å². The average Bonchev–Trinajstić information content (AvgIpc) is 3.34. The number of hydrogen-bond acceptors (Lipinski definition) is 6. The first-order chi connectivity index (χ1) is 19.7. The number of aryl methyl sites for hydroxylation is 1. The van der Waals surface area contributed by atoms with Gasteiger partial charge in [-0.15, -0.1) is 0 Å². The molecule has 0 spiro atoms. The van der Waals surface area contributed by atoms with Crippen LogP contribution in [-0.2, 0) is 40.8 Å². The average molecular weight is 580 g/mol. The molecule has 1 amide bonds. The molecule has 3 fully saturated rings. The maximum Gasteiger partial charge on any atom is 0.224 e. The van der Waals surface area contributed by atoms with Crippen molar-refractivity contribution in [3.63, 3.8) is 0 Å². The molecule has 8 nitrogen and oxygen atoms in total. The minimum Gasteiger partial charge on any atom is -0.381 e. The van der Waals surface area contributed by atoms with Crippen LogP contribution in [0, 0.1) is 29.6 Å². The van der Waals surface area contributed by atoms with Crippen molar-refractivity contribution >= 4 is 19.8 Å². The second kappa shape index (κ2) is 11.8. The molecule has 1 N–H and O–H groups in total. The van der Waals surface area contributed by atoms with E-state index in [1.165, 1.54) is 17.7 Å². The molecule has 2 saturated carbocycles. The third kappa shape index (κ3) is 6.57. The van der Waals surface area contributed by atoms with Crippen molar-refractivity contribution < 1.29 is 14.3 Å². The third-order valence-corrected chi connectivity index (χ3v) is 11.7. The predicted molar refractivity (Wildman–Crippen MR) is 164 cm³/mol. The molecule has 0 aromatic carbocycles. The summed E-state index contributed by atoms with van der Waals surface area (Å²) in [6.45, 7) is 11.4. The van der Waals surface area contributed by atoms with Crippen LogP contribution < -0.4 is 10.2 Å². The molecule has 3 aliphatic carbocycles. The minimum atomic E-state index is -1.16. The summed E-state index contributed by atoms with van der Waals surface area (Å²) >= 11 is 0. The van der Waals surface area contributed by atoms with E-state index in [4.69, 9.17) is 14.5 Å². The number of nitrogens with zero attached hydrogens (tertiary/aromatic N) is 4. The number of fused-ring (bicyclic) bond motifs is 2. The molecule has 9 heteroatoms. The standard InChI is InChI=1S/C32H49N5O3Si/c1-36-20-33-31-27(7-8-29(31)36)35-32(38)26-14-21(13-25(26)18-40-10-11-41(3,4)5)12-22-6-9-30(34-28(22)19-39-2)37-16-23-15-24(23)17-37/h6,9,20-21,23-27H,7-8,10-19H2,1-5H3,(H,35,38)/t21?,23?,24?,25?,26?,27-/m1/s1. The lowest BCUT2D eigenvalue weighted by Gasteiger charge is -2.22.